The van der Waals surface area contributed by atoms with Gasteiger partial charge in [-0.15, -0.1) is 0 Å². The Morgan fingerprint density at radius 1 is 1.14 bits per heavy atom. The minimum Gasteiger partial charge on any atom is -0.312 e. The van der Waals surface area contributed by atoms with Crippen molar-refractivity contribution in [2.45, 2.75) is 18.5 Å². The van der Waals surface area contributed by atoms with E-state index < -0.39 is 0 Å². The third-order valence-corrected chi connectivity index (χ3v) is 2.64. The summed E-state index contributed by atoms with van der Waals surface area (Å²) in [5.74, 6) is 0. The Labute approximate surface area is 86.8 Å². The third kappa shape index (κ3) is 3.18. The summed E-state index contributed by atoms with van der Waals surface area (Å²) in [5.41, 5.74) is 9.28. The average molecular weight is 201 g/mol. The molecule has 14 heavy (non-hydrogen) atoms. The second-order valence-electron chi connectivity index (χ2n) is 4.46. The number of nitrogens with zero attached hydrogens (tertiary/aromatic N) is 3. The van der Waals surface area contributed by atoms with E-state index in [2.05, 4.69) is 29.5 Å². The predicted octanol–water partition coefficient (Wildman–Crippen LogP) is -0.720. The first-order valence-corrected chi connectivity index (χ1v) is 5.09. The second kappa shape index (κ2) is 4.55. The van der Waals surface area contributed by atoms with Crippen LogP contribution in [0.2, 0.25) is 0 Å². The molecule has 0 unspecified atom stereocenters. The van der Waals surface area contributed by atoms with Crippen molar-refractivity contribution < 1.29 is 0 Å². The fraction of sp³-hybridized carbons (Fsp3) is 1.00. The highest BCUT2D eigenvalue weighted by atomic mass is 15.6. The van der Waals surface area contributed by atoms with Gasteiger partial charge in [0, 0.05) is 41.3 Å². The van der Waals surface area contributed by atoms with Crippen LogP contribution >= 0.6 is 0 Å². The summed E-state index contributed by atoms with van der Waals surface area (Å²) < 4.78 is 0. The van der Waals surface area contributed by atoms with Gasteiger partial charge in [-0.2, -0.15) is 0 Å². The van der Waals surface area contributed by atoms with Gasteiger partial charge in [-0.3, -0.25) is 0 Å². The quantitative estimate of drug-likeness (QED) is 0.466. The number of hydrogen-bond acceptors (Lipinski definition) is 5. The van der Waals surface area contributed by atoms with E-state index >= 15 is 0 Å². The molecule has 1 aliphatic heterocycles. The van der Waals surface area contributed by atoms with Crippen molar-refractivity contribution >= 4 is 0 Å². The molecule has 0 aromatic rings. The van der Waals surface area contributed by atoms with Crippen LogP contribution in [0.1, 0.15) is 12.8 Å². The molecule has 3 N–H and O–H groups in total. The van der Waals surface area contributed by atoms with E-state index in [4.69, 9.17) is 5.73 Å². The van der Waals surface area contributed by atoms with Crippen LogP contribution in [0.3, 0.4) is 0 Å². The lowest BCUT2D eigenvalue weighted by Crippen LogP contribution is -2.64. The van der Waals surface area contributed by atoms with Gasteiger partial charge in [0.2, 0.25) is 0 Å². The minimum atomic E-state index is -0.226. The molecule has 5 heteroatoms. The molecule has 1 heterocycles. The monoisotopic (exact) mass is 201 g/mol. The highest BCUT2D eigenvalue weighted by Gasteiger charge is 2.31. The maximum absolute atomic E-state index is 6.22. The Balaban J connectivity index is 2.41. The highest BCUT2D eigenvalue weighted by Crippen LogP contribution is 2.17. The van der Waals surface area contributed by atoms with E-state index in [1.807, 2.05) is 19.1 Å². The van der Waals surface area contributed by atoms with E-state index in [1.54, 1.807) is 0 Å². The molecule has 0 aliphatic carbocycles. The molecule has 0 aromatic carbocycles. The summed E-state index contributed by atoms with van der Waals surface area (Å²) in [4.78, 5) is 0. The molecule has 0 spiro atoms. The smallest absolute Gasteiger partial charge is 0.0819 e. The lowest BCUT2D eigenvalue weighted by molar-refractivity contribution is -0.0301. The van der Waals surface area contributed by atoms with E-state index in [-0.39, 0.29) is 5.66 Å². The van der Waals surface area contributed by atoms with Crippen molar-refractivity contribution in [3.05, 3.63) is 0 Å². The molecular weight excluding hydrogens is 178 g/mol. The Morgan fingerprint density at radius 3 is 2.00 bits per heavy atom. The lowest BCUT2D eigenvalue weighted by Gasteiger charge is -2.43. The summed E-state index contributed by atoms with van der Waals surface area (Å²) in [6.45, 7) is 2.04. The normalized spacial score (nSPS) is 23.4. The standard InChI is InChI=1S/C9H23N5/c1-12(2)11-9(10)5-7-14(8-6-9)13(3)4/h11H,5-8,10H2,1-4H3. The molecule has 0 radical (unpaired) electrons. The third-order valence-electron chi connectivity index (χ3n) is 2.64. The molecule has 5 nitrogen and oxygen atoms in total. The minimum absolute atomic E-state index is 0.226. The zero-order chi connectivity index (χ0) is 10.8. The molecule has 0 amide bonds. The molecule has 1 fully saturated rings. The number of piperidine rings is 1. The Bertz CT molecular complexity index is 172. The fourth-order valence-corrected chi connectivity index (χ4v) is 1.85. The van der Waals surface area contributed by atoms with Crippen molar-refractivity contribution in [2.24, 2.45) is 5.73 Å². The molecule has 0 saturated carbocycles. The van der Waals surface area contributed by atoms with Crippen molar-refractivity contribution in [3.8, 4) is 0 Å². The van der Waals surface area contributed by atoms with Crippen molar-refractivity contribution in [1.82, 2.24) is 20.5 Å². The number of hydrogen-bond donors (Lipinski definition) is 2. The van der Waals surface area contributed by atoms with Crippen LogP contribution in [0, 0.1) is 0 Å². The van der Waals surface area contributed by atoms with Crippen LogP contribution in [0.4, 0.5) is 0 Å². The van der Waals surface area contributed by atoms with Gasteiger partial charge in [0.25, 0.3) is 0 Å². The first kappa shape index (κ1) is 11.9. The van der Waals surface area contributed by atoms with E-state index in [1.165, 1.54) is 0 Å². The summed E-state index contributed by atoms with van der Waals surface area (Å²) in [5, 5.41) is 6.38. The van der Waals surface area contributed by atoms with Gasteiger partial charge < -0.3 is 5.73 Å². The topological polar surface area (TPSA) is 47.8 Å². The molecular formula is C9H23N5. The second-order valence-corrected chi connectivity index (χ2v) is 4.46. The summed E-state index contributed by atoms with van der Waals surface area (Å²) in [7, 11) is 8.10. The van der Waals surface area contributed by atoms with Crippen molar-refractivity contribution in [1.29, 1.82) is 0 Å². The predicted molar refractivity (Wildman–Crippen MR) is 58.2 cm³/mol. The summed E-state index contributed by atoms with van der Waals surface area (Å²) in [6, 6.07) is 0. The molecule has 1 saturated heterocycles. The number of rotatable bonds is 3. The van der Waals surface area contributed by atoms with Crippen molar-refractivity contribution in [2.75, 3.05) is 41.3 Å². The van der Waals surface area contributed by atoms with Gasteiger partial charge in [-0.25, -0.2) is 20.5 Å². The summed E-state index contributed by atoms with van der Waals surface area (Å²) in [6.07, 6.45) is 1.95. The van der Waals surface area contributed by atoms with Crippen LogP contribution in [0.25, 0.3) is 0 Å². The van der Waals surface area contributed by atoms with Crippen LogP contribution in [0.5, 0.6) is 0 Å². The van der Waals surface area contributed by atoms with E-state index in [9.17, 15) is 0 Å². The van der Waals surface area contributed by atoms with Crippen LogP contribution < -0.4 is 11.2 Å². The molecule has 1 aliphatic rings. The number of hydrazine groups is 2. The van der Waals surface area contributed by atoms with Crippen molar-refractivity contribution in [3.63, 3.8) is 0 Å². The van der Waals surface area contributed by atoms with Crippen LogP contribution in [-0.4, -0.2) is 62.0 Å². The largest absolute Gasteiger partial charge is 0.312 e. The molecule has 84 valence electrons. The van der Waals surface area contributed by atoms with E-state index in [0.29, 0.717) is 0 Å². The zero-order valence-electron chi connectivity index (χ0n) is 9.75. The molecule has 1 rings (SSSR count). The number of nitrogens with two attached hydrogens (primary N) is 1. The van der Waals surface area contributed by atoms with E-state index in [0.717, 1.165) is 25.9 Å². The van der Waals surface area contributed by atoms with Gasteiger partial charge in [0.05, 0.1) is 5.66 Å². The van der Waals surface area contributed by atoms with Gasteiger partial charge in [-0.1, -0.05) is 0 Å². The average Bonchev–Trinajstić information content (AvgIpc) is 2.02. The molecule has 0 aromatic heterocycles. The Hall–Kier alpha value is -0.200. The Morgan fingerprint density at radius 2 is 1.64 bits per heavy atom. The molecule has 0 bridgehead atoms. The highest BCUT2D eigenvalue weighted by molar-refractivity contribution is 4.85. The van der Waals surface area contributed by atoms with Gasteiger partial charge in [0.1, 0.15) is 0 Å². The SMILES string of the molecule is CN(C)NC1(N)CCN(N(C)C)CC1. The zero-order valence-corrected chi connectivity index (χ0v) is 9.75. The lowest BCUT2D eigenvalue weighted by atomic mass is 10.00. The van der Waals surface area contributed by atoms with Gasteiger partial charge in [0.15, 0.2) is 0 Å². The van der Waals surface area contributed by atoms with Gasteiger partial charge >= 0.3 is 0 Å². The maximum Gasteiger partial charge on any atom is 0.0819 e. The van der Waals surface area contributed by atoms with Gasteiger partial charge in [-0.05, 0) is 12.8 Å². The first-order valence-electron chi connectivity index (χ1n) is 5.09. The maximum atomic E-state index is 6.22. The summed E-state index contributed by atoms with van der Waals surface area (Å²) >= 11 is 0. The Kier molecular flexibility index (Phi) is 3.86. The fourth-order valence-electron chi connectivity index (χ4n) is 1.85. The molecule has 0 atom stereocenters. The van der Waals surface area contributed by atoms with Crippen LogP contribution in [0.15, 0.2) is 0 Å². The number of nitrogens with one attached hydrogen (secondary N) is 1. The first-order chi connectivity index (χ1) is 6.43. The van der Waals surface area contributed by atoms with Crippen LogP contribution in [-0.2, 0) is 0 Å².